The molecule has 1 aliphatic heterocycles. The zero-order valence-electron chi connectivity index (χ0n) is 19.0. The van der Waals surface area contributed by atoms with Crippen molar-refractivity contribution in [1.29, 1.82) is 0 Å². The molecule has 0 bridgehead atoms. The first-order chi connectivity index (χ1) is 13.8. The maximum Gasteiger partial charge on any atom is 0.242 e. The normalized spacial score (nSPS) is 14.3. The molecule has 0 radical (unpaired) electrons. The van der Waals surface area contributed by atoms with E-state index in [4.69, 9.17) is 0 Å². The molecule has 0 aromatic carbocycles. The number of nitrogens with zero attached hydrogens (tertiary/aromatic N) is 4. The summed E-state index contributed by atoms with van der Waals surface area (Å²) in [5.74, 6) is -1.18. The molecule has 0 unspecified atom stereocenters. The van der Waals surface area contributed by atoms with Crippen LogP contribution in [0.4, 0.5) is 0 Å². The van der Waals surface area contributed by atoms with E-state index in [2.05, 4.69) is 5.32 Å². The van der Waals surface area contributed by atoms with Crippen molar-refractivity contribution >= 4 is 29.4 Å². The molecular weight excluding hydrogens is 390 g/mol. The van der Waals surface area contributed by atoms with Crippen molar-refractivity contribution < 1.29 is 24.0 Å². The van der Waals surface area contributed by atoms with Crippen LogP contribution in [0.5, 0.6) is 0 Å². The number of piperazine rings is 1. The van der Waals surface area contributed by atoms with Crippen molar-refractivity contribution in [2.45, 2.75) is 39.7 Å². The minimum Gasteiger partial charge on any atom is -0.338 e. The predicted molar refractivity (Wildman–Crippen MR) is 111 cm³/mol. The Labute approximate surface area is 178 Å². The molecule has 1 rings (SSSR count). The first-order valence-corrected chi connectivity index (χ1v) is 10.1. The quantitative estimate of drug-likeness (QED) is 0.497. The molecule has 0 atom stereocenters. The van der Waals surface area contributed by atoms with Gasteiger partial charge in [0.15, 0.2) is 0 Å². The van der Waals surface area contributed by atoms with Crippen molar-refractivity contribution in [3.05, 3.63) is 0 Å². The van der Waals surface area contributed by atoms with E-state index in [-0.39, 0.29) is 55.1 Å². The number of Topliss-reactive ketones (excluding diaryl/α,β-unsaturated/α-hetero) is 1. The summed E-state index contributed by atoms with van der Waals surface area (Å²) >= 11 is 0. The van der Waals surface area contributed by atoms with Gasteiger partial charge >= 0.3 is 0 Å². The predicted octanol–water partition coefficient (Wildman–Crippen LogP) is -1.06. The number of nitrogens with one attached hydrogen (secondary N) is 1. The maximum absolute atomic E-state index is 12.5. The smallest absolute Gasteiger partial charge is 0.242 e. The minimum atomic E-state index is -0.390. The summed E-state index contributed by atoms with van der Waals surface area (Å²) in [4.78, 5) is 65.8. The van der Waals surface area contributed by atoms with E-state index in [1.165, 1.54) is 23.8 Å². The van der Waals surface area contributed by atoms with Crippen LogP contribution in [-0.4, -0.2) is 114 Å². The van der Waals surface area contributed by atoms with E-state index >= 15 is 0 Å². The number of rotatable bonds is 8. The second-order valence-corrected chi connectivity index (χ2v) is 8.74. The highest BCUT2D eigenvalue weighted by Crippen LogP contribution is 2.05. The lowest BCUT2D eigenvalue weighted by Gasteiger charge is -2.36. The lowest BCUT2D eigenvalue weighted by atomic mass is 10.1. The van der Waals surface area contributed by atoms with Gasteiger partial charge in [-0.05, 0) is 27.7 Å². The van der Waals surface area contributed by atoms with Crippen LogP contribution >= 0.6 is 0 Å². The van der Waals surface area contributed by atoms with Crippen molar-refractivity contribution in [2.75, 3.05) is 59.9 Å². The van der Waals surface area contributed by atoms with Gasteiger partial charge in [-0.25, -0.2) is 0 Å². The SMILES string of the molecule is CC(=O)CC(=O)N(C)CC(=O)N1CCN(C(=O)CN(C)C(=O)CNC(C)(C)C)CC1. The Morgan fingerprint density at radius 2 is 1.20 bits per heavy atom. The molecular formula is C20H35N5O5. The highest BCUT2D eigenvalue weighted by molar-refractivity contribution is 5.98. The van der Waals surface area contributed by atoms with Gasteiger partial charge in [0.25, 0.3) is 0 Å². The molecule has 1 fully saturated rings. The fourth-order valence-corrected chi connectivity index (χ4v) is 2.81. The Kier molecular flexibility index (Phi) is 9.41. The van der Waals surface area contributed by atoms with Gasteiger partial charge in [0.05, 0.1) is 26.1 Å². The van der Waals surface area contributed by atoms with Crippen LogP contribution in [0.1, 0.15) is 34.1 Å². The average Bonchev–Trinajstić information content (AvgIpc) is 2.64. The molecule has 0 spiro atoms. The summed E-state index contributed by atoms with van der Waals surface area (Å²) in [7, 11) is 3.09. The minimum absolute atomic E-state index is 0.0130. The van der Waals surface area contributed by atoms with Crippen molar-refractivity contribution in [3.8, 4) is 0 Å². The van der Waals surface area contributed by atoms with Gasteiger partial charge in [0.1, 0.15) is 5.78 Å². The van der Waals surface area contributed by atoms with E-state index in [1.54, 1.807) is 16.8 Å². The molecule has 10 heteroatoms. The number of ketones is 1. The summed E-state index contributed by atoms with van der Waals surface area (Å²) in [5, 5.41) is 3.10. The van der Waals surface area contributed by atoms with Crippen LogP contribution in [0.15, 0.2) is 0 Å². The molecule has 10 nitrogen and oxygen atoms in total. The van der Waals surface area contributed by atoms with E-state index in [9.17, 15) is 24.0 Å². The van der Waals surface area contributed by atoms with Crippen LogP contribution in [0.2, 0.25) is 0 Å². The van der Waals surface area contributed by atoms with E-state index in [0.717, 1.165) is 0 Å². The van der Waals surface area contributed by atoms with Crippen LogP contribution in [-0.2, 0) is 24.0 Å². The number of likely N-dealkylation sites (N-methyl/N-ethyl adjacent to an activating group) is 2. The van der Waals surface area contributed by atoms with Gasteiger partial charge in [-0.1, -0.05) is 0 Å². The van der Waals surface area contributed by atoms with Gasteiger partial charge in [-0.2, -0.15) is 0 Å². The van der Waals surface area contributed by atoms with Gasteiger partial charge in [-0.3, -0.25) is 24.0 Å². The van der Waals surface area contributed by atoms with Crippen LogP contribution in [0.25, 0.3) is 0 Å². The van der Waals surface area contributed by atoms with E-state index < -0.39 is 5.91 Å². The van der Waals surface area contributed by atoms with E-state index in [1.807, 2.05) is 20.8 Å². The number of carbonyl (C=O) groups excluding carboxylic acids is 5. The molecule has 1 heterocycles. The van der Waals surface area contributed by atoms with Crippen LogP contribution in [0, 0.1) is 0 Å². The zero-order valence-corrected chi connectivity index (χ0v) is 19.0. The number of carbonyl (C=O) groups is 5. The molecule has 0 aliphatic carbocycles. The Balaban J connectivity index is 2.43. The zero-order chi connectivity index (χ0) is 23.1. The molecule has 0 aromatic heterocycles. The van der Waals surface area contributed by atoms with Gasteiger partial charge in [-0.15, -0.1) is 0 Å². The summed E-state index contributed by atoms with van der Waals surface area (Å²) in [5.41, 5.74) is -0.186. The molecule has 0 aromatic rings. The summed E-state index contributed by atoms with van der Waals surface area (Å²) in [6, 6.07) is 0. The monoisotopic (exact) mass is 425 g/mol. The van der Waals surface area contributed by atoms with Gasteiger partial charge in [0.2, 0.25) is 23.6 Å². The third-order valence-electron chi connectivity index (χ3n) is 4.75. The molecule has 1 N–H and O–H groups in total. The third-order valence-corrected chi connectivity index (χ3v) is 4.75. The molecule has 1 aliphatic rings. The van der Waals surface area contributed by atoms with Gasteiger partial charge < -0.3 is 24.9 Å². The largest absolute Gasteiger partial charge is 0.338 e. The molecule has 1 saturated heterocycles. The van der Waals surface area contributed by atoms with Crippen molar-refractivity contribution in [2.24, 2.45) is 0 Å². The summed E-state index contributed by atoms with van der Waals surface area (Å²) in [6.07, 6.45) is -0.219. The van der Waals surface area contributed by atoms with Crippen LogP contribution < -0.4 is 5.32 Å². The second-order valence-electron chi connectivity index (χ2n) is 8.74. The Bertz CT molecular complexity index is 665. The third kappa shape index (κ3) is 8.89. The number of hydrogen-bond acceptors (Lipinski definition) is 6. The Morgan fingerprint density at radius 1 is 0.800 bits per heavy atom. The second kappa shape index (κ2) is 11.1. The first kappa shape index (κ1) is 25.5. The molecule has 30 heavy (non-hydrogen) atoms. The highest BCUT2D eigenvalue weighted by atomic mass is 16.2. The maximum atomic E-state index is 12.5. The van der Waals surface area contributed by atoms with E-state index in [0.29, 0.717) is 26.2 Å². The summed E-state index contributed by atoms with van der Waals surface area (Å²) in [6.45, 7) is 8.73. The lowest BCUT2D eigenvalue weighted by Crippen LogP contribution is -2.54. The molecule has 0 saturated carbocycles. The van der Waals surface area contributed by atoms with Crippen molar-refractivity contribution in [1.82, 2.24) is 24.9 Å². The summed E-state index contributed by atoms with van der Waals surface area (Å²) < 4.78 is 0. The fraction of sp³-hybridized carbons (Fsp3) is 0.750. The lowest BCUT2D eigenvalue weighted by molar-refractivity contribution is -0.145. The van der Waals surface area contributed by atoms with Gasteiger partial charge in [0, 0.05) is 45.8 Å². The highest BCUT2D eigenvalue weighted by Gasteiger charge is 2.27. The topological polar surface area (TPSA) is 110 Å². The molecule has 170 valence electrons. The first-order valence-electron chi connectivity index (χ1n) is 10.1. The van der Waals surface area contributed by atoms with Crippen LogP contribution in [0.3, 0.4) is 0 Å². The average molecular weight is 426 g/mol. The van der Waals surface area contributed by atoms with Crippen molar-refractivity contribution in [3.63, 3.8) is 0 Å². The fourth-order valence-electron chi connectivity index (χ4n) is 2.81. The molecule has 4 amide bonds. The standard InChI is InChI=1S/C20H35N5O5/c1-15(26)11-16(27)22(5)13-18(29)24-7-9-25(10-8-24)19(30)14-23(6)17(28)12-21-20(2,3)4/h21H,7-14H2,1-6H3. The Hall–Kier alpha value is -2.49. The Morgan fingerprint density at radius 3 is 1.57 bits per heavy atom. The number of hydrogen-bond donors (Lipinski definition) is 1. The number of amides is 4.